The zero-order valence-corrected chi connectivity index (χ0v) is 15.0. The highest BCUT2D eigenvalue weighted by atomic mass is 19.1. The van der Waals surface area contributed by atoms with Crippen LogP contribution in [0.2, 0.25) is 0 Å². The molecule has 1 N–H and O–H groups in total. The number of piperidine rings is 1. The fraction of sp³-hybridized carbons (Fsp3) is 0.381. The molecule has 0 aromatic heterocycles. The molecule has 0 aliphatic carbocycles. The third kappa shape index (κ3) is 4.22. The molecule has 1 fully saturated rings. The van der Waals surface area contributed by atoms with Crippen LogP contribution in [0, 0.1) is 11.7 Å². The van der Waals surface area contributed by atoms with Gasteiger partial charge in [-0.05, 0) is 62.2 Å². The number of ketones is 1. The number of aromatic hydroxyl groups is 1. The lowest BCUT2D eigenvalue weighted by Crippen LogP contribution is -2.37. The lowest BCUT2D eigenvalue weighted by molar-refractivity contribution is 0.0837. The Morgan fingerprint density at radius 1 is 1.19 bits per heavy atom. The molecule has 26 heavy (non-hydrogen) atoms. The molecule has 0 unspecified atom stereocenters. The standard InChI is InChI=1S/C21H24FNO3/c1-26-21-18(3-2-4-19(21)24)20(25)16-10-13-23(14-11-16)12-9-15-5-7-17(22)8-6-15/h2-8,16,24H,9-14H2,1H3. The minimum Gasteiger partial charge on any atom is -0.504 e. The molecule has 0 bridgehead atoms. The molecule has 1 heterocycles. The molecular formula is C21H24FNO3. The van der Waals surface area contributed by atoms with Crippen LogP contribution in [0.5, 0.6) is 11.5 Å². The monoisotopic (exact) mass is 357 g/mol. The smallest absolute Gasteiger partial charge is 0.171 e. The second kappa shape index (κ2) is 8.32. The van der Waals surface area contributed by atoms with E-state index in [1.54, 1.807) is 12.1 Å². The Morgan fingerprint density at radius 2 is 1.88 bits per heavy atom. The van der Waals surface area contributed by atoms with Crippen molar-refractivity contribution in [3.63, 3.8) is 0 Å². The van der Waals surface area contributed by atoms with Crippen molar-refractivity contribution in [2.24, 2.45) is 5.92 Å². The molecular weight excluding hydrogens is 333 g/mol. The number of rotatable bonds is 6. The summed E-state index contributed by atoms with van der Waals surface area (Å²) in [6.07, 6.45) is 2.46. The molecule has 1 aliphatic heterocycles. The Labute approximate surface area is 153 Å². The Morgan fingerprint density at radius 3 is 2.54 bits per heavy atom. The number of carbonyl (C=O) groups excluding carboxylic acids is 1. The first-order chi connectivity index (χ1) is 12.6. The maximum absolute atomic E-state index is 13.0. The van der Waals surface area contributed by atoms with Crippen LogP contribution in [0.15, 0.2) is 42.5 Å². The third-order valence-electron chi connectivity index (χ3n) is 5.05. The highest BCUT2D eigenvalue weighted by molar-refractivity contribution is 6.01. The van der Waals surface area contributed by atoms with Crippen molar-refractivity contribution >= 4 is 5.78 Å². The molecule has 1 saturated heterocycles. The van der Waals surface area contributed by atoms with Crippen LogP contribution in [0.1, 0.15) is 28.8 Å². The van der Waals surface area contributed by atoms with Crippen molar-refractivity contribution in [3.05, 3.63) is 59.4 Å². The second-order valence-electron chi connectivity index (χ2n) is 6.71. The van der Waals surface area contributed by atoms with E-state index >= 15 is 0 Å². The first-order valence-corrected chi connectivity index (χ1v) is 8.95. The average molecular weight is 357 g/mol. The van der Waals surface area contributed by atoms with Gasteiger partial charge in [-0.15, -0.1) is 0 Å². The van der Waals surface area contributed by atoms with Crippen molar-refractivity contribution in [3.8, 4) is 11.5 Å². The minimum absolute atomic E-state index is 0.00455. The average Bonchev–Trinajstić information content (AvgIpc) is 2.67. The zero-order chi connectivity index (χ0) is 18.5. The minimum atomic E-state index is -0.213. The molecule has 0 radical (unpaired) electrons. The van der Waals surface area contributed by atoms with E-state index in [0.29, 0.717) is 5.56 Å². The van der Waals surface area contributed by atoms with Gasteiger partial charge in [0, 0.05) is 12.5 Å². The van der Waals surface area contributed by atoms with E-state index in [9.17, 15) is 14.3 Å². The molecule has 3 rings (SSSR count). The fourth-order valence-electron chi connectivity index (χ4n) is 3.51. The van der Waals surface area contributed by atoms with E-state index < -0.39 is 0 Å². The highest BCUT2D eigenvalue weighted by Gasteiger charge is 2.28. The van der Waals surface area contributed by atoms with Crippen LogP contribution >= 0.6 is 0 Å². The number of carbonyl (C=O) groups is 1. The van der Waals surface area contributed by atoms with Crippen molar-refractivity contribution in [2.45, 2.75) is 19.3 Å². The van der Waals surface area contributed by atoms with Crippen LogP contribution in [-0.2, 0) is 6.42 Å². The maximum atomic E-state index is 13.0. The third-order valence-corrected chi connectivity index (χ3v) is 5.05. The molecule has 1 aliphatic rings. The number of likely N-dealkylation sites (tertiary alicyclic amines) is 1. The van der Waals surface area contributed by atoms with Crippen LogP contribution in [0.25, 0.3) is 0 Å². The van der Waals surface area contributed by atoms with Gasteiger partial charge < -0.3 is 14.7 Å². The largest absolute Gasteiger partial charge is 0.504 e. The van der Waals surface area contributed by atoms with Crippen molar-refractivity contribution < 1.29 is 19.0 Å². The quantitative estimate of drug-likeness (QED) is 0.802. The lowest BCUT2D eigenvalue weighted by Gasteiger charge is -2.31. The number of hydrogen-bond donors (Lipinski definition) is 1. The van der Waals surface area contributed by atoms with Gasteiger partial charge in [0.25, 0.3) is 0 Å². The molecule has 0 spiro atoms. The maximum Gasteiger partial charge on any atom is 0.171 e. The van der Waals surface area contributed by atoms with Crippen LogP contribution in [0.3, 0.4) is 0 Å². The van der Waals surface area contributed by atoms with Gasteiger partial charge in [0.05, 0.1) is 12.7 Å². The van der Waals surface area contributed by atoms with E-state index in [1.807, 2.05) is 12.1 Å². The number of phenolic OH excluding ortho intramolecular Hbond substituents is 1. The van der Waals surface area contributed by atoms with Crippen LogP contribution in [-0.4, -0.2) is 42.5 Å². The summed E-state index contributed by atoms with van der Waals surface area (Å²) >= 11 is 0. The molecule has 0 atom stereocenters. The van der Waals surface area contributed by atoms with Crippen molar-refractivity contribution in [1.82, 2.24) is 4.90 Å². The summed E-state index contributed by atoms with van der Waals surface area (Å²) < 4.78 is 18.1. The lowest BCUT2D eigenvalue weighted by atomic mass is 9.88. The van der Waals surface area contributed by atoms with Gasteiger partial charge in [-0.25, -0.2) is 4.39 Å². The number of hydrogen-bond acceptors (Lipinski definition) is 4. The van der Waals surface area contributed by atoms with Gasteiger partial charge in [0.2, 0.25) is 0 Å². The first kappa shape index (κ1) is 18.4. The molecule has 138 valence electrons. The van der Waals surface area contributed by atoms with Gasteiger partial charge in [-0.2, -0.15) is 0 Å². The zero-order valence-electron chi connectivity index (χ0n) is 15.0. The fourth-order valence-corrected chi connectivity index (χ4v) is 3.51. The molecule has 5 heteroatoms. The SMILES string of the molecule is COc1c(O)cccc1C(=O)C1CCN(CCc2ccc(F)cc2)CC1. The second-order valence-corrected chi connectivity index (χ2v) is 6.71. The Bertz CT molecular complexity index is 752. The number of Topliss-reactive ketones (excluding diaryl/α,β-unsaturated/α-hetero) is 1. The van der Waals surface area contributed by atoms with Crippen LogP contribution < -0.4 is 4.74 Å². The Kier molecular flexibility index (Phi) is 5.89. The molecule has 4 nitrogen and oxygen atoms in total. The number of nitrogens with zero attached hydrogens (tertiary/aromatic N) is 1. The van der Waals surface area contributed by atoms with Gasteiger partial charge in [0.15, 0.2) is 17.3 Å². The van der Waals surface area contributed by atoms with Crippen LogP contribution in [0.4, 0.5) is 4.39 Å². The molecule has 2 aromatic rings. The number of halogens is 1. The summed E-state index contributed by atoms with van der Waals surface area (Å²) in [5, 5.41) is 9.87. The first-order valence-electron chi connectivity index (χ1n) is 8.95. The predicted molar refractivity (Wildman–Crippen MR) is 98.3 cm³/mol. The molecule has 0 amide bonds. The summed E-state index contributed by atoms with van der Waals surface area (Å²) in [5.41, 5.74) is 1.58. The summed E-state index contributed by atoms with van der Waals surface area (Å²) in [4.78, 5) is 15.1. The summed E-state index contributed by atoms with van der Waals surface area (Å²) in [7, 11) is 1.46. The van der Waals surface area contributed by atoms with E-state index in [2.05, 4.69) is 4.90 Å². The van der Waals surface area contributed by atoms with E-state index in [4.69, 9.17) is 4.74 Å². The number of methoxy groups -OCH3 is 1. The molecule has 0 saturated carbocycles. The van der Waals surface area contributed by atoms with Gasteiger partial charge in [0.1, 0.15) is 5.82 Å². The van der Waals surface area contributed by atoms with Crippen molar-refractivity contribution in [2.75, 3.05) is 26.7 Å². The normalized spacial score (nSPS) is 15.8. The van der Waals surface area contributed by atoms with Crippen molar-refractivity contribution in [1.29, 1.82) is 0 Å². The predicted octanol–water partition coefficient (Wildman–Crippen LogP) is 3.68. The number of para-hydroxylation sites is 1. The number of ether oxygens (including phenoxy) is 1. The Hall–Kier alpha value is -2.40. The summed E-state index contributed by atoms with van der Waals surface area (Å²) in [5.74, 6) is 0.0329. The van der Waals surface area contributed by atoms with Gasteiger partial charge >= 0.3 is 0 Å². The number of phenols is 1. The summed E-state index contributed by atoms with van der Waals surface area (Å²) in [6.45, 7) is 2.62. The van der Waals surface area contributed by atoms with E-state index in [1.165, 1.54) is 25.3 Å². The molecule has 2 aromatic carbocycles. The highest BCUT2D eigenvalue weighted by Crippen LogP contribution is 2.33. The summed E-state index contributed by atoms with van der Waals surface area (Å²) in [6, 6.07) is 11.5. The van der Waals surface area contributed by atoms with Gasteiger partial charge in [-0.1, -0.05) is 18.2 Å². The Balaban J connectivity index is 1.54. The van der Waals surface area contributed by atoms with Gasteiger partial charge in [-0.3, -0.25) is 4.79 Å². The van der Waals surface area contributed by atoms with E-state index in [-0.39, 0.29) is 29.0 Å². The topological polar surface area (TPSA) is 49.8 Å². The number of benzene rings is 2. The van der Waals surface area contributed by atoms with E-state index in [0.717, 1.165) is 44.5 Å².